The molecular weight excluding hydrogens is 354 g/mol. The molecule has 1 saturated heterocycles. The summed E-state index contributed by atoms with van der Waals surface area (Å²) in [6, 6.07) is 4.74. The highest BCUT2D eigenvalue weighted by molar-refractivity contribution is 9.10. The van der Waals surface area contributed by atoms with Crippen molar-refractivity contribution in [3.63, 3.8) is 0 Å². The minimum absolute atomic E-state index is 0.742. The Hall–Kier alpha value is -1.24. The second-order valence-corrected chi connectivity index (χ2v) is 7.26. The lowest BCUT2D eigenvalue weighted by Crippen LogP contribution is -2.43. The lowest BCUT2D eigenvalue weighted by molar-refractivity contribution is 0.148. The third-order valence-corrected chi connectivity index (χ3v) is 5.01. The van der Waals surface area contributed by atoms with Gasteiger partial charge in [-0.3, -0.25) is 9.97 Å². The van der Waals surface area contributed by atoms with Crippen LogP contribution < -0.4 is 5.32 Å². The maximum Gasteiger partial charge on any atom is 0.112 e. The van der Waals surface area contributed by atoms with Crippen LogP contribution in [-0.4, -0.2) is 66.1 Å². The van der Waals surface area contributed by atoms with Crippen LogP contribution in [0.25, 0.3) is 11.0 Å². The molecule has 0 aliphatic carbocycles. The Morgan fingerprint density at radius 3 is 2.83 bits per heavy atom. The van der Waals surface area contributed by atoms with Gasteiger partial charge in [0.15, 0.2) is 0 Å². The summed E-state index contributed by atoms with van der Waals surface area (Å²) in [7, 11) is 4.36. The van der Waals surface area contributed by atoms with Crippen LogP contribution in [-0.2, 0) is 0 Å². The summed E-state index contributed by atoms with van der Waals surface area (Å²) in [5.41, 5.74) is 2.91. The predicted molar refractivity (Wildman–Crippen MR) is 98.9 cm³/mol. The molecular formula is C17H24BrN5. The molecule has 124 valence electrons. The van der Waals surface area contributed by atoms with Crippen molar-refractivity contribution in [1.82, 2.24) is 19.8 Å². The van der Waals surface area contributed by atoms with Crippen LogP contribution in [0.1, 0.15) is 12.8 Å². The van der Waals surface area contributed by atoms with E-state index in [1.807, 2.05) is 24.5 Å². The number of hydrogen-bond acceptors (Lipinski definition) is 5. The van der Waals surface area contributed by atoms with Crippen molar-refractivity contribution in [2.75, 3.05) is 45.6 Å². The maximum absolute atomic E-state index is 4.48. The number of rotatable bonds is 5. The molecule has 0 saturated carbocycles. The molecule has 0 unspecified atom stereocenters. The molecule has 1 aliphatic heterocycles. The summed E-state index contributed by atoms with van der Waals surface area (Å²) in [5.74, 6) is 0. The number of piperidine rings is 1. The van der Waals surface area contributed by atoms with Crippen LogP contribution in [0.15, 0.2) is 29.0 Å². The highest BCUT2D eigenvalue weighted by Gasteiger charge is 2.19. The Balaban J connectivity index is 1.54. The first-order valence-corrected chi connectivity index (χ1v) is 8.95. The zero-order chi connectivity index (χ0) is 16.2. The fourth-order valence-corrected chi connectivity index (χ4v) is 3.48. The fraction of sp³-hybridized carbons (Fsp3) is 0.529. The van der Waals surface area contributed by atoms with Crippen molar-refractivity contribution < 1.29 is 0 Å². The van der Waals surface area contributed by atoms with Gasteiger partial charge in [-0.15, -0.1) is 0 Å². The molecule has 0 bridgehead atoms. The first-order chi connectivity index (χ1) is 11.1. The molecule has 3 rings (SSSR count). The summed E-state index contributed by atoms with van der Waals surface area (Å²) in [5, 5.41) is 3.52. The SMILES string of the molecule is CN(C)C1CCN(CCNc2ccnc3cc(Br)cnc23)CC1. The number of fused-ring (bicyclic) bond motifs is 1. The van der Waals surface area contributed by atoms with Crippen molar-refractivity contribution in [2.24, 2.45) is 0 Å². The number of likely N-dealkylation sites (tertiary alicyclic amines) is 1. The van der Waals surface area contributed by atoms with Gasteiger partial charge in [0.1, 0.15) is 5.52 Å². The minimum atomic E-state index is 0.742. The van der Waals surface area contributed by atoms with E-state index in [1.54, 1.807) is 0 Å². The van der Waals surface area contributed by atoms with Gasteiger partial charge in [-0.2, -0.15) is 0 Å². The normalized spacial score (nSPS) is 17.0. The molecule has 23 heavy (non-hydrogen) atoms. The minimum Gasteiger partial charge on any atom is -0.382 e. The molecule has 0 atom stereocenters. The van der Waals surface area contributed by atoms with E-state index in [0.717, 1.165) is 40.3 Å². The van der Waals surface area contributed by atoms with Gasteiger partial charge in [0.25, 0.3) is 0 Å². The standard InChI is InChI=1S/C17H24BrN5/c1-22(2)14-4-8-23(9-5-14)10-7-20-15-3-6-19-16-11-13(18)12-21-17(15)16/h3,6,11-12,14H,4-5,7-10H2,1-2H3,(H,19,20). The van der Waals surface area contributed by atoms with Gasteiger partial charge in [0.2, 0.25) is 0 Å². The lowest BCUT2D eigenvalue weighted by atomic mass is 10.0. The van der Waals surface area contributed by atoms with Crippen molar-refractivity contribution in [2.45, 2.75) is 18.9 Å². The van der Waals surface area contributed by atoms with E-state index in [-0.39, 0.29) is 0 Å². The molecule has 0 amide bonds. The molecule has 6 heteroatoms. The van der Waals surface area contributed by atoms with Gasteiger partial charge in [0, 0.05) is 36.0 Å². The number of anilines is 1. The second kappa shape index (κ2) is 7.55. The fourth-order valence-electron chi connectivity index (χ4n) is 3.16. The molecule has 2 aromatic rings. The third-order valence-electron chi connectivity index (χ3n) is 4.58. The van der Waals surface area contributed by atoms with Gasteiger partial charge in [-0.1, -0.05) is 0 Å². The summed E-state index contributed by atoms with van der Waals surface area (Å²) in [6.45, 7) is 4.38. The summed E-state index contributed by atoms with van der Waals surface area (Å²) in [4.78, 5) is 13.8. The van der Waals surface area contributed by atoms with E-state index >= 15 is 0 Å². The first kappa shape index (κ1) is 16.6. The Morgan fingerprint density at radius 2 is 2.09 bits per heavy atom. The Kier molecular flexibility index (Phi) is 5.46. The molecule has 0 radical (unpaired) electrons. The maximum atomic E-state index is 4.48. The molecule has 5 nitrogen and oxygen atoms in total. The highest BCUT2D eigenvalue weighted by atomic mass is 79.9. The van der Waals surface area contributed by atoms with E-state index < -0.39 is 0 Å². The highest BCUT2D eigenvalue weighted by Crippen LogP contribution is 2.22. The number of hydrogen-bond donors (Lipinski definition) is 1. The van der Waals surface area contributed by atoms with Crippen LogP contribution >= 0.6 is 15.9 Å². The quantitative estimate of drug-likeness (QED) is 0.867. The molecule has 1 fully saturated rings. The van der Waals surface area contributed by atoms with Crippen LogP contribution in [0.5, 0.6) is 0 Å². The van der Waals surface area contributed by atoms with E-state index in [0.29, 0.717) is 0 Å². The van der Waals surface area contributed by atoms with Gasteiger partial charge in [-0.25, -0.2) is 0 Å². The van der Waals surface area contributed by atoms with Crippen LogP contribution in [0.4, 0.5) is 5.69 Å². The number of nitrogens with zero attached hydrogens (tertiary/aromatic N) is 4. The Labute approximate surface area is 146 Å². The number of pyridine rings is 2. The largest absolute Gasteiger partial charge is 0.382 e. The van der Waals surface area contributed by atoms with E-state index in [1.165, 1.54) is 25.9 Å². The second-order valence-electron chi connectivity index (χ2n) is 6.34. The van der Waals surface area contributed by atoms with Crippen LogP contribution in [0.3, 0.4) is 0 Å². The summed E-state index contributed by atoms with van der Waals surface area (Å²) in [6.07, 6.45) is 6.18. The Bertz CT molecular complexity index is 652. The summed E-state index contributed by atoms with van der Waals surface area (Å²) >= 11 is 3.44. The van der Waals surface area contributed by atoms with Crippen LogP contribution in [0, 0.1) is 0 Å². The van der Waals surface area contributed by atoms with Crippen molar-refractivity contribution in [3.8, 4) is 0 Å². The summed E-state index contributed by atoms with van der Waals surface area (Å²) < 4.78 is 0.957. The van der Waals surface area contributed by atoms with Crippen LogP contribution in [0.2, 0.25) is 0 Å². The monoisotopic (exact) mass is 377 g/mol. The smallest absolute Gasteiger partial charge is 0.112 e. The van der Waals surface area contributed by atoms with Crippen molar-refractivity contribution in [3.05, 3.63) is 29.0 Å². The van der Waals surface area contributed by atoms with Gasteiger partial charge in [-0.05, 0) is 68.1 Å². The third kappa shape index (κ3) is 4.19. The van der Waals surface area contributed by atoms with Gasteiger partial charge < -0.3 is 15.1 Å². The Morgan fingerprint density at radius 1 is 1.30 bits per heavy atom. The van der Waals surface area contributed by atoms with E-state index in [9.17, 15) is 0 Å². The molecule has 3 heterocycles. The van der Waals surface area contributed by atoms with Gasteiger partial charge in [0.05, 0.1) is 11.2 Å². The van der Waals surface area contributed by atoms with Gasteiger partial charge >= 0.3 is 0 Å². The molecule has 2 aromatic heterocycles. The van der Waals surface area contributed by atoms with Crippen molar-refractivity contribution in [1.29, 1.82) is 0 Å². The first-order valence-electron chi connectivity index (χ1n) is 8.16. The average Bonchev–Trinajstić information content (AvgIpc) is 2.55. The number of aromatic nitrogens is 2. The topological polar surface area (TPSA) is 44.3 Å². The van der Waals surface area contributed by atoms with E-state index in [2.05, 4.69) is 55.1 Å². The number of halogens is 1. The number of nitrogens with one attached hydrogen (secondary N) is 1. The molecule has 1 aliphatic rings. The molecule has 0 spiro atoms. The van der Waals surface area contributed by atoms with Crippen molar-refractivity contribution >= 4 is 32.7 Å². The molecule has 1 N–H and O–H groups in total. The zero-order valence-electron chi connectivity index (χ0n) is 13.8. The average molecular weight is 378 g/mol. The van der Waals surface area contributed by atoms with E-state index in [4.69, 9.17) is 0 Å². The predicted octanol–water partition coefficient (Wildman–Crippen LogP) is 2.83. The zero-order valence-corrected chi connectivity index (χ0v) is 15.4. The molecule has 0 aromatic carbocycles. The lowest BCUT2D eigenvalue weighted by Gasteiger charge is -2.35.